The van der Waals surface area contributed by atoms with Crippen LogP contribution in [0.1, 0.15) is 36.6 Å². The van der Waals surface area contributed by atoms with E-state index in [2.05, 4.69) is 34.2 Å². The number of anilines is 1. The average molecular weight is 561 g/mol. The second-order valence-corrected chi connectivity index (χ2v) is 10.6. The van der Waals surface area contributed by atoms with Gasteiger partial charge >= 0.3 is 0 Å². The predicted molar refractivity (Wildman–Crippen MR) is 148 cm³/mol. The van der Waals surface area contributed by atoms with E-state index in [4.69, 9.17) is 0 Å². The Labute approximate surface area is 224 Å². The van der Waals surface area contributed by atoms with Crippen molar-refractivity contribution < 1.29 is 9.59 Å². The van der Waals surface area contributed by atoms with Crippen molar-refractivity contribution in [3.05, 3.63) is 111 Å². The van der Waals surface area contributed by atoms with E-state index in [1.54, 1.807) is 0 Å². The summed E-state index contributed by atoms with van der Waals surface area (Å²) >= 11 is 4.72. The Balaban J connectivity index is 1.69. The molecule has 0 aliphatic carbocycles. The van der Waals surface area contributed by atoms with E-state index in [1.165, 1.54) is 16.7 Å². The SMILES string of the molecule is CCc1ccc(N2C(=O)C(Cc3ccc(Br)cc3)S/C2=C(/C#N)C(=O)NC(C)c2ccccc2)cc1. The van der Waals surface area contributed by atoms with Gasteiger partial charge in [0.25, 0.3) is 5.91 Å². The molecular weight excluding hydrogens is 534 g/mol. The molecule has 1 fully saturated rings. The molecule has 36 heavy (non-hydrogen) atoms. The highest BCUT2D eigenvalue weighted by molar-refractivity contribution is 9.10. The standard InChI is InChI=1S/C29H26BrN3O2S/c1-3-20-11-15-24(16-12-20)33-28(35)26(17-21-9-13-23(30)14-10-21)36-29(33)25(18-31)27(34)32-19(2)22-7-5-4-6-8-22/h4-16,19,26H,3,17H2,1-2H3,(H,32,34)/b29-25-. The van der Waals surface area contributed by atoms with Gasteiger partial charge in [-0.05, 0) is 60.7 Å². The Morgan fingerprint density at radius 2 is 1.69 bits per heavy atom. The molecule has 1 aliphatic rings. The van der Waals surface area contributed by atoms with Crippen molar-refractivity contribution in [1.29, 1.82) is 5.26 Å². The highest BCUT2D eigenvalue weighted by Crippen LogP contribution is 2.42. The Kier molecular flexibility index (Phi) is 8.29. The average Bonchev–Trinajstić information content (AvgIpc) is 3.21. The number of amides is 2. The molecule has 2 amide bonds. The highest BCUT2D eigenvalue weighted by Gasteiger charge is 2.41. The number of hydrogen-bond acceptors (Lipinski definition) is 4. The van der Waals surface area contributed by atoms with Gasteiger partial charge in [0.05, 0.1) is 11.3 Å². The van der Waals surface area contributed by atoms with Crippen LogP contribution in [0.2, 0.25) is 0 Å². The zero-order valence-corrected chi connectivity index (χ0v) is 22.5. The van der Waals surface area contributed by atoms with Gasteiger partial charge < -0.3 is 5.32 Å². The van der Waals surface area contributed by atoms with Crippen LogP contribution in [0, 0.1) is 11.3 Å². The summed E-state index contributed by atoms with van der Waals surface area (Å²) in [5.74, 6) is -0.637. The van der Waals surface area contributed by atoms with Crippen molar-refractivity contribution in [2.75, 3.05) is 4.90 Å². The molecule has 2 unspecified atom stereocenters. The summed E-state index contributed by atoms with van der Waals surface area (Å²) in [7, 11) is 0. The molecule has 0 saturated carbocycles. The zero-order valence-electron chi connectivity index (χ0n) is 20.1. The highest BCUT2D eigenvalue weighted by atomic mass is 79.9. The van der Waals surface area contributed by atoms with Crippen molar-refractivity contribution in [2.45, 2.75) is 38.0 Å². The Bertz CT molecular complexity index is 1320. The number of nitrogens with one attached hydrogen (secondary N) is 1. The molecule has 0 radical (unpaired) electrons. The minimum absolute atomic E-state index is 0.0611. The minimum atomic E-state index is -0.497. The lowest BCUT2D eigenvalue weighted by Crippen LogP contribution is -2.32. The summed E-state index contributed by atoms with van der Waals surface area (Å²) in [5.41, 5.74) is 3.67. The fourth-order valence-corrected chi connectivity index (χ4v) is 5.60. The van der Waals surface area contributed by atoms with E-state index in [9.17, 15) is 14.9 Å². The van der Waals surface area contributed by atoms with Gasteiger partial charge in [-0.15, -0.1) is 0 Å². The first-order valence-corrected chi connectivity index (χ1v) is 13.4. The maximum absolute atomic E-state index is 13.6. The molecule has 1 N–H and O–H groups in total. The number of rotatable bonds is 7. The van der Waals surface area contributed by atoms with E-state index in [0.29, 0.717) is 17.1 Å². The first-order chi connectivity index (χ1) is 17.4. The molecule has 1 aliphatic heterocycles. The van der Waals surface area contributed by atoms with Gasteiger partial charge in [0.2, 0.25) is 5.91 Å². The van der Waals surface area contributed by atoms with Crippen LogP contribution in [0.4, 0.5) is 5.69 Å². The van der Waals surface area contributed by atoms with Crippen LogP contribution in [0.5, 0.6) is 0 Å². The number of aryl methyl sites for hydroxylation is 1. The lowest BCUT2D eigenvalue weighted by Gasteiger charge is -2.20. The fraction of sp³-hybridized carbons (Fsp3) is 0.207. The molecule has 4 rings (SSSR count). The number of carbonyl (C=O) groups is 2. The van der Waals surface area contributed by atoms with Gasteiger partial charge in [0.15, 0.2) is 0 Å². The molecule has 3 aromatic rings. The molecule has 7 heteroatoms. The maximum atomic E-state index is 13.6. The number of thioether (sulfide) groups is 1. The first kappa shape index (κ1) is 25.7. The van der Waals surface area contributed by atoms with Gasteiger partial charge in [-0.25, -0.2) is 0 Å². The van der Waals surface area contributed by atoms with E-state index in [-0.39, 0.29) is 17.5 Å². The monoisotopic (exact) mass is 559 g/mol. The number of carbonyl (C=O) groups excluding carboxylic acids is 2. The third-order valence-electron chi connectivity index (χ3n) is 6.09. The quantitative estimate of drug-likeness (QED) is 0.271. The molecule has 5 nitrogen and oxygen atoms in total. The van der Waals surface area contributed by atoms with Gasteiger partial charge in [0, 0.05) is 10.2 Å². The third-order valence-corrected chi connectivity index (χ3v) is 7.88. The Hall–Kier alpha value is -3.34. The zero-order chi connectivity index (χ0) is 25.7. The summed E-state index contributed by atoms with van der Waals surface area (Å²) in [6, 6.07) is 26.9. The molecule has 0 aromatic heterocycles. The van der Waals surface area contributed by atoms with E-state index >= 15 is 0 Å². The summed E-state index contributed by atoms with van der Waals surface area (Å²) in [5, 5.41) is 12.9. The first-order valence-electron chi connectivity index (χ1n) is 11.8. The predicted octanol–water partition coefficient (Wildman–Crippen LogP) is 6.32. The third kappa shape index (κ3) is 5.72. The van der Waals surface area contributed by atoms with Crippen molar-refractivity contribution in [2.24, 2.45) is 0 Å². The second-order valence-electron chi connectivity index (χ2n) is 8.53. The number of nitriles is 1. The van der Waals surface area contributed by atoms with Crippen LogP contribution < -0.4 is 10.2 Å². The summed E-state index contributed by atoms with van der Waals surface area (Å²) in [4.78, 5) is 28.5. The molecule has 0 spiro atoms. The molecule has 0 bridgehead atoms. The molecular formula is C29H26BrN3O2S. The molecule has 182 valence electrons. The molecule has 2 atom stereocenters. The number of hydrogen-bond donors (Lipinski definition) is 1. The van der Waals surface area contributed by atoms with Gasteiger partial charge in [-0.2, -0.15) is 5.26 Å². The van der Waals surface area contributed by atoms with Crippen LogP contribution in [0.3, 0.4) is 0 Å². The lowest BCUT2D eigenvalue weighted by atomic mass is 10.1. The number of halogens is 1. The maximum Gasteiger partial charge on any atom is 0.265 e. The number of benzene rings is 3. The minimum Gasteiger partial charge on any atom is -0.345 e. The van der Waals surface area contributed by atoms with Crippen molar-refractivity contribution >= 4 is 45.2 Å². The van der Waals surface area contributed by atoms with Crippen molar-refractivity contribution in [3.63, 3.8) is 0 Å². The van der Waals surface area contributed by atoms with Gasteiger partial charge in [0.1, 0.15) is 16.7 Å². The van der Waals surface area contributed by atoms with E-state index in [0.717, 1.165) is 27.6 Å². The molecule has 3 aromatic carbocycles. The van der Waals surface area contributed by atoms with Crippen molar-refractivity contribution in [3.8, 4) is 6.07 Å². The Morgan fingerprint density at radius 1 is 1.06 bits per heavy atom. The Morgan fingerprint density at radius 3 is 2.31 bits per heavy atom. The van der Waals surface area contributed by atoms with Crippen LogP contribution >= 0.6 is 27.7 Å². The van der Waals surface area contributed by atoms with Crippen molar-refractivity contribution in [1.82, 2.24) is 5.32 Å². The van der Waals surface area contributed by atoms with E-state index in [1.807, 2.05) is 85.8 Å². The van der Waals surface area contributed by atoms with Crippen LogP contribution in [-0.2, 0) is 22.4 Å². The number of nitrogens with zero attached hydrogens (tertiary/aromatic N) is 2. The van der Waals surface area contributed by atoms with Crippen LogP contribution in [0.25, 0.3) is 0 Å². The normalized spacial score (nSPS) is 17.4. The van der Waals surface area contributed by atoms with Crippen LogP contribution in [-0.4, -0.2) is 17.1 Å². The summed E-state index contributed by atoms with van der Waals surface area (Å²) < 4.78 is 0.964. The molecule has 1 saturated heterocycles. The van der Waals surface area contributed by atoms with Gasteiger partial charge in [-0.1, -0.05) is 89.2 Å². The lowest BCUT2D eigenvalue weighted by molar-refractivity contribution is -0.117. The second kappa shape index (κ2) is 11.6. The van der Waals surface area contributed by atoms with E-state index < -0.39 is 11.2 Å². The summed E-state index contributed by atoms with van der Waals surface area (Å²) in [6.07, 6.45) is 1.37. The molecule has 1 heterocycles. The summed E-state index contributed by atoms with van der Waals surface area (Å²) in [6.45, 7) is 3.94. The smallest absolute Gasteiger partial charge is 0.265 e. The topological polar surface area (TPSA) is 73.2 Å². The largest absolute Gasteiger partial charge is 0.345 e. The van der Waals surface area contributed by atoms with Crippen LogP contribution in [0.15, 0.2) is 93.9 Å². The fourth-order valence-electron chi connectivity index (χ4n) is 4.03. The van der Waals surface area contributed by atoms with Gasteiger partial charge in [-0.3, -0.25) is 14.5 Å².